The fourth-order valence-corrected chi connectivity index (χ4v) is 1.75. The van der Waals surface area contributed by atoms with Crippen molar-refractivity contribution in [3.63, 3.8) is 0 Å². The number of nitrogens with zero attached hydrogens (tertiary/aromatic N) is 1. The fraction of sp³-hybridized carbons (Fsp3) is 0.636. The van der Waals surface area contributed by atoms with Crippen LogP contribution in [0.3, 0.4) is 0 Å². The minimum atomic E-state index is -0.456. The molecule has 17 heavy (non-hydrogen) atoms. The first-order valence-electron chi connectivity index (χ1n) is 5.63. The van der Waals surface area contributed by atoms with Crippen LogP contribution in [0.1, 0.15) is 25.0 Å². The molecule has 0 bridgehead atoms. The summed E-state index contributed by atoms with van der Waals surface area (Å²) in [4.78, 5) is 15.6. The van der Waals surface area contributed by atoms with Crippen molar-refractivity contribution in [1.29, 1.82) is 0 Å². The Labute approximate surface area is 106 Å². The first kappa shape index (κ1) is 14.1. The predicted molar refractivity (Wildman–Crippen MR) is 68.7 cm³/mol. The number of nitrogens with two attached hydrogens (primary N) is 1. The largest absolute Gasteiger partial charge is 0.444 e. The van der Waals surface area contributed by atoms with Crippen molar-refractivity contribution in [3.05, 3.63) is 17.8 Å². The highest BCUT2D eigenvalue weighted by atomic mass is 32.2. The second kappa shape index (κ2) is 7.34. The number of amides is 1. The zero-order valence-corrected chi connectivity index (χ0v) is 11.0. The van der Waals surface area contributed by atoms with Gasteiger partial charge in [-0.25, -0.2) is 4.98 Å². The van der Waals surface area contributed by atoms with Crippen LogP contribution in [0.15, 0.2) is 10.6 Å². The van der Waals surface area contributed by atoms with Crippen LogP contribution < -0.4 is 11.1 Å². The van der Waals surface area contributed by atoms with Gasteiger partial charge in [0.1, 0.15) is 5.76 Å². The van der Waals surface area contributed by atoms with Gasteiger partial charge in [0.2, 0.25) is 11.8 Å². The molecular formula is C11H19N3O2S. The highest BCUT2D eigenvalue weighted by Gasteiger charge is 2.13. The third kappa shape index (κ3) is 4.79. The Bertz CT molecular complexity index is 354. The van der Waals surface area contributed by atoms with Crippen molar-refractivity contribution >= 4 is 17.7 Å². The van der Waals surface area contributed by atoms with E-state index in [9.17, 15) is 4.79 Å². The molecule has 6 heteroatoms. The van der Waals surface area contributed by atoms with Crippen LogP contribution >= 0.6 is 11.8 Å². The zero-order valence-electron chi connectivity index (χ0n) is 10.2. The highest BCUT2D eigenvalue weighted by Crippen LogP contribution is 2.04. The lowest BCUT2D eigenvalue weighted by molar-refractivity contribution is -0.122. The van der Waals surface area contributed by atoms with Crippen molar-refractivity contribution in [2.45, 2.75) is 32.4 Å². The Hall–Kier alpha value is -1.01. The molecule has 1 rings (SSSR count). The lowest BCUT2D eigenvalue weighted by Gasteiger charge is -2.10. The average Bonchev–Trinajstić information content (AvgIpc) is 2.80. The summed E-state index contributed by atoms with van der Waals surface area (Å²) >= 11 is 1.68. The van der Waals surface area contributed by atoms with Crippen LogP contribution in [0.4, 0.5) is 0 Å². The summed E-state index contributed by atoms with van der Waals surface area (Å²) in [5, 5.41) is 2.72. The maximum absolute atomic E-state index is 11.6. The maximum atomic E-state index is 11.6. The molecule has 3 N–H and O–H groups in total. The number of nitrogens with one attached hydrogen (secondary N) is 1. The van der Waals surface area contributed by atoms with Crippen LogP contribution in [-0.4, -0.2) is 28.9 Å². The van der Waals surface area contributed by atoms with Gasteiger partial charge >= 0.3 is 0 Å². The molecule has 0 radical (unpaired) electrons. The standard InChI is InChI=1S/C11H19N3O2S/c1-3-8-6-13-10(16-8)7-14-11(15)9(12)4-5-17-2/h6,9H,3-5,7,12H2,1-2H3,(H,14,15)/t9-/m1/s1. The number of hydrogen-bond donors (Lipinski definition) is 2. The first-order chi connectivity index (χ1) is 8.17. The van der Waals surface area contributed by atoms with E-state index in [1.165, 1.54) is 0 Å². The molecule has 0 aliphatic heterocycles. The number of rotatable bonds is 7. The topological polar surface area (TPSA) is 81.2 Å². The lowest BCUT2D eigenvalue weighted by Crippen LogP contribution is -2.40. The summed E-state index contributed by atoms with van der Waals surface area (Å²) in [5.74, 6) is 2.07. The third-order valence-electron chi connectivity index (χ3n) is 2.33. The number of oxazole rings is 1. The van der Waals surface area contributed by atoms with Gasteiger partial charge in [0, 0.05) is 6.42 Å². The minimum Gasteiger partial charge on any atom is -0.444 e. The zero-order chi connectivity index (χ0) is 12.7. The number of carbonyl (C=O) groups is 1. The number of aromatic nitrogens is 1. The predicted octanol–water partition coefficient (Wildman–Crippen LogP) is 0.934. The molecule has 1 atom stereocenters. The molecule has 1 heterocycles. The molecule has 1 aromatic rings. The Morgan fingerprint density at radius 1 is 1.71 bits per heavy atom. The second-order valence-electron chi connectivity index (χ2n) is 3.68. The molecule has 0 saturated heterocycles. The number of carbonyl (C=O) groups excluding carboxylic acids is 1. The Morgan fingerprint density at radius 3 is 3.06 bits per heavy atom. The summed E-state index contributed by atoms with van der Waals surface area (Å²) in [5.41, 5.74) is 5.72. The summed E-state index contributed by atoms with van der Waals surface area (Å²) in [6.07, 6.45) is 5.14. The van der Waals surface area contributed by atoms with Crippen LogP contribution in [-0.2, 0) is 17.8 Å². The van der Waals surface area contributed by atoms with Crippen LogP contribution in [0.5, 0.6) is 0 Å². The number of thioether (sulfide) groups is 1. The lowest BCUT2D eigenvalue weighted by atomic mass is 10.2. The van der Waals surface area contributed by atoms with Gasteiger partial charge in [-0.05, 0) is 18.4 Å². The smallest absolute Gasteiger partial charge is 0.237 e. The monoisotopic (exact) mass is 257 g/mol. The highest BCUT2D eigenvalue weighted by molar-refractivity contribution is 7.98. The molecule has 0 fully saturated rings. The van der Waals surface area contributed by atoms with Crippen molar-refractivity contribution < 1.29 is 9.21 Å². The molecule has 0 spiro atoms. The van der Waals surface area contributed by atoms with E-state index >= 15 is 0 Å². The van der Waals surface area contributed by atoms with Gasteiger partial charge in [0.15, 0.2) is 0 Å². The van der Waals surface area contributed by atoms with Crippen LogP contribution in [0.2, 0.25) is 0 Å². The molecule has 1 aromatic heterocycles. The average molecular weight is 257 g/mol. The van der Waals surface area contributed by atoms with Gasteiger partial charge in [0.05, 0.1) is 18.8 Å². The molecular weight excluding hydrogens is 238 g/mol. The Kier molecular flexibility index (Phi) is 6.07. The molecule has 0 aliphatic carbocycles. The van der Waals surface area contributed by atoms with Crippen molar-refractivity contribution in [2.24, 2.45) is 5.73 Å². The van der Waals surface area contributed by atoms with Crippen molar-refractivity contribution in [2.75, 3.05) is 12.0 Å². The molecule has 0 aliphatic rings. The van der Waals surface area contributed by atoms with Gasteiger partial charge < -0.3 is 15.5 Å². The SMILES string of the molecule is CCc1cnc(CNC(=O)[C@H](N)CCSC)o1. The van der Waals surface area contributed by atoms with E-state index in [1.54, 1.807) is 18.0 Å². The summed E-state index contributed by atoms with van der Waals surface area (Å²) < 4.78 is 5.37. The van der Waals surface area contributed by atoms with E-state index < -0.39 is 6.04 Å². The van der Waals surface area contributed by atoms with Crippen molar-refractivity contribution in [1.82, 2.24) is 10.3 Å². The van der Waals surface area contributed by atoms with Crippen LogP contribution in [0.25, 0.3) is 0 Å². The minimum absolute atomic E-state index is 0.157. The van der Waals surface area contributed by atoms with E-state index in [-0.39, 0.29) is 5.91 Å². The molecule has 1 amide bonds. The summed E-state index contributed by atoms with van der Waals surface area (Å²) in [7, 11) is 0. The molecule has 0 aromatic carbocycles. The molecule has 0 saturated carbocycles. The van der Waals surface area contributed by atoms with E-state index in [1.807, 2.05) is 13.2 Å². The number of hydrogen-bond acceptors (Lipinski definition) is 5. The maximum Gasteiger partial charge on any atom is 0.237 e. The molecule has 5 nitrogen and oxygen atoms in total. The summed E-state index contributed by atoms with van der Waals surface area (Å²) in [6.45, 7) is 2.28. The van der Waals surface area contributed by atoms with Gasteiger partial charge in [-0.15, -0.1) is 0 Å². The van der Waals surface area contributed by atoms with Gasteiger partial charge in [-0.1, -0.05) is 6.92 Å². The van der Waals surface area contributed by atoms with E-state index in [0.717, 1.165) is 17.9 Å². The third-order valence-corrected chi connectivity index (χ3v) is 2.98. The van der Waals surface area contributed by atoms with Crippen molar-refractivity contribution in [3.8, 4) is 0 Å². The Morgan fingerprint density at radius 2 is 2.47 bits per heavy atom. The normalized spacial score (nSPS) is 12.4. The van der Waals surface area contributed by atoms with Gasteiger partial charge in [-0.2, -0.15) is 11.8 Å². The van der Waals surface area contributed by atoms with E-state index in [2.05, 4.69) is 10.3 Å². The van der Waals surface area contributed by atoms with Gasteiger partial charge in [0.25, 0.3) is 0 Å². The molecule has 0 unspecified atom stereocenters. The molecule has 96 valence electrons. The van der Waals surface area contributed by atoms with E-state index in [0.29, 0.717) is 18.9 Å². The summed E-state index contributed by atoms with van der Waals surface area (Å²) in [6, 6.07) is -0.456. The quantitative estimate of drug-likeness (QED) is 0.759. The van der Waals surface area contributed by atoms with Crippen LogP contribution in [0, 0.1) is 0 Å². The Balaban J connectivity index is 2.32. The number of aryl methyl sites for hydroxylation is 1. The fourth-order valence-electron chi connectivity index (χ4n) is 1.26. The van der Waals surface area contributed by atoms with Gasteiger partial charge in [-0.3, -0.25) is 4.79 Å². The second-order valence-corrected chi connectivity index (χ2v) is 4.67. The van der Waals surface area contributed by atoms with E-state index in [4.69, 9.17) is 10.2 Å². The first-order valence-corrected chi connectivity index (χ1v) is 7.02.